The van der Waals surface area contributed by atoms with Gasteiger partial charge in [0.15, 0.2) is 0 Å². The normalized spacial score (nSPS) is 24.8. The molecular formula is C26H29ClN4OS. The molecule has 1 saturated heterocycles. The van der Waals surface area contributed by atoms with Crippen molar-refractivity contribution in [3.05, 3.63) is 74.8 Å². The number of hydrogen-bond donors (Lipinski definition) is 2. The summed E-state index contributed by atoms with van der Waals surface area (Å²) >= 11 is 7.80. The monoisotopic (exact) mass is 480 g/mol. The minimum absolute atomic E-state index is 0.0290. The lowest BCUT2D eigenvalue weighted by molar-refractivity contribution is 0.104. The molecule has 1 aliphatic carbocycles. The van der Waals surface area contributed by atoms with Gasteiger partial charge in [-0.25, -0.2) is 9.97 Å². The minimum Gasteiger partial charge on any atom is -0.367 e. The molecular weight excluding hydrogens is 452 g/mol. The summed E-state index contributed by atoms with van der Waals surface area (Å²) in [6.45, 7) is 3.18. The van der Waals surface area contributed by atoms with Crippen LogP contribution < -0.4 is 10.6 Å². The van der Waals surface area contributed by atoms with Crippen LogP contribution in [0.1, 0.15) is 71.8 Å². The van der Waals surface area contributed by atoms with E-state index in [1.54, 1.807) is 6.20 Å². The lowest BCUT2D eigenvalue weighted by atomic mass is 9.83. The van der Waals surface area contributed by atoms with Crippen LogP contribution in [0.4, 0.5) is 5.82 Å². The molecule has 1 aliphatic heterocycles. The highest BCUT2D eigenvalue weighted by Gasteiger charge is 2.38. The average molecular weight is 481 g/mol. The maximum atomic E-state index is 13.5. The molecule has 0 amide bonds. The first-order valence-electron chi connectivity index (χ1n) is 11.8. The van der Waals surface area contributed by atoms with Crippen LogP contribution in [-0.2, 0) is 5.54 Å². The van der Waals surface area contributed by atoms with Crippen molar-refractivity contribution in [2.45, 2.75) is 57.0 Å². The molecule has 3 heterocycles. The Balaban J connectivity index is 1.42. The average Bonchev–Trinajstić information content (AvgIpc) is 3.60. The van der Waals surface area contributed by atoms with E-state index in [4.69, 9.17) is 11.6 Å². The second-order valence-electron chi connectivity index (χ2n) is 9.19. The number of rotatable bonds is 7. The van der Waals surface area contributed by atoms with Crippen molar-refractivity contribution < 1.29 is 4.79 Å². The molecule has 7 heteroatoms. The molecule has 2 N–H and O–H groups in total. The number of carbonyl (C=O) groups excluding carboxylic acids is 1. The van der Waals surface area contributed by atoms with Crippen LogP contribution in [0.3, 0.4) is 0 Å². The quantitative estimate of drug-likeness (QED) is 0.403. The fourth-order valence-electron chi connectivity index (χ4n) is 5.35. The van der Waals surface area contributed by atoms with Crippen molar-refractivity contribution in [3.8, 4) is 0 Å². The number of ketones is 1. The summed E-state index contributed by atoms with van der Waals surface area (Å²) in [5.74, 6) is 1.37. The summed E-state index contributed by atoms with van der Waals surface area (Å²) in [5.41, 5.74) is 2.49. The third kappa shape index (κ3) is 4.44. The Morgan fingerprint density at radius 3 is 2.97 bits per heavy atom. The zero-order valence-corrected chi connectivity index (χ0v) is 20.4. The number of carbonyl (C=O) groups is 1. The maximum absolute atomic E-state index is 13.5. The van der Waals surface area contributed by atoms with E-state index >= 15 is 0 Å². The van der Waals surface area contributed by atoms with Crippen LogP contribution in [0.15, 0.2) is 48.2 Å². The Bertz CT molecular complexity index is 1140. The predicted molar refractivity (Wildman–Crippen MR) is 134 cm³/mol. The van der Waals surface area contributed by atoms with Crippen molar-refractivity contribution in [2.75, 3.05) is 11.9 Å². The molecule has 172 valence electrons. The Morgan fingerprint density at radius 1 is 1.30 bits per heavy atom. The van der Waals surface area contributed by atoms with E-state index in [-0.39, 0.29) is 11.3 Å². The van der Waals surface area contributed by atoms with Gasteiger partial charge < -0.3 is 10.6 Å². The Kier molecular flexibility index (Phi) is 6.50. The summed E-state index contributed by atoms with van der Waals surface area (Å²) in [5, 5.41) is 10.0. The fourth-order valence-corrected chi connectivity index (χ4v) is 6.48. The number of nitrogens with zero attached hydrogens (tertiary/aromatic N) is 2. The van der Waals surface area contributed by atoms with E-state index in [2.05, 4.69) is 39.0 Å². The van der Waals surface area contributed by atoms with Gasteiger partial charge in [0.2, 0.25) is 5.78 Å². The lowest BCUT2D eigenvalue weighted by Gasteiger charge is -2.30. The minimum atomic E-state index is -0.312. The molecule has 0 bridgehead atoms. The third-order valence-corrected chi connectivity index (χ3v) is 8.37. The van der Waals surface area contributed by atoms with Crippen molar-refractivity contribution >= 4 is 34.5 Å². The molecule has 3 aromatic rings. The van der Waals surface area contributed by atoms with Gasteiger partial charge in [-0.1, -0.05) is 37.1 Å². The predicted octanol–water partition coefficient (Wildman–Crippen LogP) is 6.04. The van der Waals surface area contributed by atoms with Gasteiger partial charge in [-0.3, -0.25) is 4.79 Å². The number of anilines is 1. The van der Waals surface area contributed by atoms with E-state index in [9.17, 15) is 4.79 Å². The topological polar surface area (TPSA) is 66.9 Å². The SMILES string of the molecule is CCC1CCC(Nc2ncncc2C(=O)c2cc(C3(c4cccc(Cl)c4)CCCN3)cs2)C1. The van der Waals surface area contributed by atoms with Crippen molar-refractivity contribution in [1.82, 2.24) is 15.3 Å². The van der Waals surface area contributed by atoms with Gasteiger partial charge in [0.1, 0.15) is 12.1 Å². The second kappa shape index (κ2) is 9.53. The summed E-state index contributed by atoms with van der Waals surface area (Å²) in [6, 6.07) is 10.4. The van der Waals surface area contributed by atoms with Gasteiger partial charge in [-0.15, -0.1) is 11.3 Å². The molecule has 2 aliphatic rings. The number of benzene rings is 1. The van der Waals surface area contributed by atoms with Gasteiger partial charge in [-0.2, -0.15) is 0 Å². The molecule has 5 nitrogen and oxygen atoms in total. The first-order chi connectivity index (χ1) is 16.1. The summed E-state index contributed by atoms with van der Waals surface area (Å²) in [7, 11) is 0. The highest BCUT2D eigenvalue weighted by molar-refractivity contribution is 7.12. The van der Waals surface area contributed by atoms with Gasteiger partial charge in [0, 0.05) is 17.3 Å². The zero-order valence-electron chi connectivity index (χ0n) is 18.8. The molecule has 5 rings (SSSR count). The van der Waals surface area contributed by atoms with Crippen LogP contribution in [0, 0.1) is 5.92 Å². The Morgan fingerprint density at radius 2 is 2.21 bits per heavy atom. The fraction of sp³-hybridized carbons (Fsp3) is 0.423. The van der Waals surface area contributed by atoms with Crippen LogP contribution in [0.2, 0.25) is 5.02 Å². The van der Waals surface area contributed by atoms with Gasteiger partial charge in [0.25, 0.3) is 0 Å². The van der Waals surface area contributed by atoms with E-state index in [0.29, 0.717) is 22.3 Å². The smallest absolute Gasteiger partial charge is 0.208 e. The van der Waals surface area contributed by atoms with E-state index in [0.717, 1.165) is 54.3 Å². The Hall–Kier alpha value is -2.28. The van der Waals surface area contributed by atoms with Crippen molar-refractivity contribution in [1.29, 1.82) is 0 Å². The number of thiophene rings is 1. The number of hydrogen-bond acceptors (Lipinski definition) is 6. The van der Waals surface area contributed by atoms with Crippen LogP contribution in [0.5, 0.6) is 0 Å². The molecule has 1 saturated carbocycles. The summed E-state index contributed by atoms with van der Waals surface area (Å²) < 4.78 is 0. The van der Waals surface area contributed by atoms with Gasteiger partial charge >= 0.3 is 0 Å². The second-order valence-corrected chi connectivity index (χ2v) is 10.5. The molecule has 3 atom stereocenters. The van der Waals surface area contributed by atoms with Crippen LogP contribution in [0.25, 0.3) is 0 Å². The van der Waals surface area contributed by atoms with Crippen LogP contribution >= 0.6 is 22.9 Å². The molecule has 3 unspecified atom stereocenters. The third-order valence-electron chi connectivity index (χ3n) is 7.21. The number of halogens is 1. The molecule has 0 spiro atoms. The van der Waals surface area contributed by atoms with Crippen molar-refractivity contribution in [3.63, 3.8) is 0 Å². The van der Waals surface area contributed by atoms with E-state index < -0.39 is 0 Å². The highest BCUT2D eigenvalue weighted by Crippen LogP contribution is 2.41. The molecule has 1 aromatic carbocycles. The standard InChI is InChI=1S/C26H29ClN4OS/c1-2-17-7-8-21(11-17)31-25-22(14-28-16-29-25)24(32)23-13-19(15-33-23)26(9-4-10-30-26)18-5-3-6-20(27)12-18/h3,5-6,12-17,21,30H,2,4,7-11H2,1H3,(H,28,29,31). The molecule has 0 radical (unpaired) electrons. The lowest BCUT2D eigenvalue weighted by Crippen LogP contribution is -2.37. The molecule has 2 aromatic heterocycles. The molecule has 33 heavy (non-hydrogen) atoms. The first-order valence-corrected chi connectivity index (χ1v) is 13.1. The van der Waals surface area contributed by atoms with E-state index in [1.807, 2.05) is 24.3 Å². The zero-order chi connectivity index (χ0) is 22.8. The highest BCUT2D eigenvalue weighted by atomic mass is 35.5. The Labute approximate surface area is 204 Å². The summed E-state index contributed by atoms with van der Waals surface area (Å²) in [4.78, 5) is 22.8. The van der Waals surface area contributed by atoms with E-state index in [1.165, 1.54) is 30.5 Å². The largest absolute Gasteiger partial charge is 0.367 e. The first kappa shape index (κ1) is 22.5. The van der Waals surface area contributed by atoms with Gasteiger partial charge in [-0.05, 0) is 79.3 Å². The number of nitrogens with one attached hydrogen (secondary N) is 2. The van der Waals surface area contributed by atoms with Gasteiger partial charge in [0.05, 0.1) is 16.0 Å². The van der Waals surface area contributed by atoms with Crippen molar-refractivity contribution in [2.24, 2.45) is 5.92 Å². The summed E-state index contributed by atoms with van der Waals surface area (Å²) in [6.07, 6.45) is 9.89. The number of aromatic nitrogens is 2. The van der Waals surface area contributed by atoms with Crippen LogP contribution in [-0.4, -0.2) is 28.3 Å². The molecule has 2 fully saturated rings. The maximum Gasteiger partial charge on any atom is 0.208 e.